The average molecular weight is 484 g/mol. The normalized spacial score (nSPS) is 17.6. The Hall–Kier alpha value is -4.72. The summed E-state index contributed by atoms with van der Waals surface area (Å²) in [6.07, 6.45) is 1.38. The van der Waals surface area contributed by atoms with Crippen LogP contribution < -0.4 is 21.6 Å². The SMILES string of the molecule is CCc1ccccc1N1C(=O)c2ccccc2N(N)C(CC(=O)O)(c2ccc(C=NN)cc2)C1=C=O. The lowest BCUT2D eigenvalue weighted by molar-refractivity contribution is -0.138. The molecule has 0 bridgehead atoms. The van der Waals surface area contributed by atoms with Crippen LogP contribution in [0.15, 0.2) is 83.6 Å². The zero-order chi connectivity index (χ0) is 25.9. The van der Waals surface area contributed by atoms with Gasteiger partial charge in [0, 0.05) is 0 Å². The Bertz CT molecular complexity index is 1400. The Labute approximate surface area is 207 Å². The number of rotatable bonds is 6. The number of hydrazine groups is 1. The molecule has 9 nitrogen and oxygen atoms in total. The predicted molar refractivity (Wildman–Crippen MR) is 137 cm³/mol. The first kappa shape index (κ1) is 24.4. The number of para-hydroxylation sites is 2. The van der Waals surface area contributed by atoms with Crippen LogP contribution in [0.4, 0.5) is 11.4 Å². The molecule has 0 fully saturated rings. The standard InChI is InChI=1S/C27H25N5O4/c1-2-19-7-3-5-9-22(19)31-24(17-33)27(15-25(34)35,20-13-11-18(12-14-20)16-30-28)32(29)23-10-6-4-8-21(23)26(31)36/h3-14,16H,2,15,28-29H2,1H3,(H,34,35). The van der Waals surface area contributed by atoms with E-state index in [2.05, 4.69) is 5.10 Å². The lowest BCUT2D eigenvalue weighted by Gasteiger charge is -2.43. The van der Waals surface area contributed by atoms with Crippen LogP contribution in [0.5, 0.6) is 0 Å². The van der Waals surface area contributed by atoms with Gasteiger partial charge in [0.05, 0.1) is 29.6 Å². The van der Waals surface area contributed by atoms with Crippen LogP contribution in [0.25, 0.3) is 0 Å². The van der Waals surface area contributed by atoms with E-state index in [1.54, 1.807) is 60.7 Å². The zero-order valence-corrected chi connectivity index (χ0v) is 19.6. The molecule has 1 amide bonds. The van der Waals surface area contributed by atoms with E-state index in [1.165, 1.54) is 16.1 Å². The number of hydrogen-bond donors (Lipinski definition) is 3. The van der Waals surface area contributed by atoms with Crippen LogP contribution >= 0.6 is 0 Å². The molecule has 1 aliphatic rings. The minimum Gasteiger partial charge on any atom is -0.481 e. The second-order valence-corrected chi connectivity index (χ2v) is 8.29. The van der Waals surface area contributed by atoms with Gasteiger partial charge in [0.1, 0.15) is 17.2 Å². The number of anilines is 2. The number of carbonyl (C=O) groups excluding carboxylic acids is 2. The van der Waals surface area contributed by atoms with Crippen LogP contribution in [0.2, 0.25) is 0 Å². The summed E-state index contributed by atoms with van der Waals surface area (Å²) in [5.74, 6) is 12.1. The Morgan fingerprint density at radius 2 is 1.69 bits per heavy atom. The topological polar surface area (TPSA) is 142 Å². The Morgan fingerprint density at radius 1 is 1.06 bits per heavy atom. The fourth-order valence-electron chi connectivity index (χ4n) is 4.68. The fourth-order valence-corrected chi connectivity index (χ4v) is 4.68. The highest BCUT2D eigenvalue weighted by atomic mass is 16.4. The van der Waals surface area contributed by atoms with Crippen molar-refractivity contribution in [3.63, 3.8) is 0 Å². The molecule has 182 valence electrons. The van der Waals surface area contributed by atoms with Crippen molar-refractivity contribution in [3.8, 4) is 0 Å². The molecule has 3 aromatic rings. The van der Waals surface area contributed by atoms with Crippen molar-refractivity contribution < 1.29 is 19.5 Å². The average Bonchev–Trinajstić information content (AvgIpc) is 2.97. The molecule has 0 saturated carbocycles. The van der Waals surface area contributed by atoms with Crippen molar-refractivity contribution >= 4 is 35.4 Å². The lowest BCUT2D eigenvalue weighted by atomic mass is 9.81. The summed E-state index contributed by atoms with van der Waals surface area (Å²) in [7, 11) is 0. The van der Waals surface area contributed by atoms with E-state index >= 15 is 0 Å². The first-order chi connectivity index (χ1) is 17.4. The molecule has 1 aliphatic heterocycles. The molecule has 1 heterocycles. The number of carbonyl (C=O) groups is 2. The number of aryl methyl sites for hydroxylation is 1. The quantitative estimate of drug-likeness (QED) is 0.212. The third kappa shape index (κ3) is 3.92. The van der Waals surface area contributed by atoms with Crippen LogP contribution in [-0.4, -0.2) is 29.1 Å². The summed E-state index contributed by atoms with van der Waals surface area (Å²) < 4.78 is 0. The van der Waals surface area contributed by atoms with E-state index < -0.39 is 23.8 Å². The lowest BCUT2D eigenvalue weighted by Crippen LogP contribution is -2.56. The second kappa shape index (κ2) is 9.87. The maximum absolute atomic E-state index is 14.0. The smallest absolute Gasteiger partial charge is 0.306 e. The summed E-state index contributed by atoms with van der Waals surface area (Å²) >= 11 is 0. The van der Waals surface area contributed by atoms with Crippen molar-refractivity contribution in [2.75, 3.05) is 9.91 Å². The summed E-state index contributed by atoms with van der Waals surface area (Å²) in [4.78, 5) is 40.4. The highest BCUT2D eigenvalue weighted by Gasteiger charge is 2.52. The molecule has 9 heteroatoms. The third-order valence-electron chi connectivity index (χ3n) is 6.35. The number of fused-ring (bicyclic) bond motifs is 1. The van der Waals surface area contributed by atoms with Gasteiger partial charge in [0.2, 0.25) is 0 Å². The molecule has 0 aromatic heterocycles. The first-order valence-corrected chi connectivity index (χ1v) is 11.3. The van der Waals surface area contributed by atoms with Crippen LogP contribution in [0.1, 0.15) is 40.4 Å². The van der Waals surface area contributed by atoms with Gasteiger partial charge in [-0.05, 0) is 41.3 Å². The number of hydrazone groups is 1. The number of benzene rings is 3. The number of hydrogen-bond acceptors (Lipinski definition) is 7. The van der Waals surface area contributed by atoms with Crippen molar-refractivity contribution in [1.29, 1.82) is 0 Å². The number of carboxylic acid groups (broad SMARTS) is 1. The van der Waals surface area contributed by atoms with Gasteiger partial charge in [0.15, 0.2) is 0 Å². The highest BCUT2D eigenvalue weighted by molar-refractivity contribution is 6.14. The summed E-state index contributed by atoms with van der Waals surface area (Å²) in [5.41, 5.74) is 0.770. The molecule has 36 heavy (non-hydrogen) atoms. The summed E-state index contributed by atoms with van der Waals surface area (Å²) in [5, 5.41) is 14.8. The Kier molecular flexibility index (Phi) is 6.69. The van der Waals surface area contributed by atoms with E-state index in [0.717, 1.165) is 5.56 Å². The van der Waals surface area contributed by atoms with Crippen LogP contribution in [-0.2, 0) is 21.5 Å². The Balaban J connectivity index is 2.12. The van der Waals surface area contributed by atoms with E-state index in [-0.39, 0.29) is 16.9 Å². The minimum atomic E-state index is -1.78. The molecule has 4 rings (SSSR count). The van der Waals surface area contributed by atoms with Crippen molar-refractivity contribution in [2.45, 2.75) is 25.3 Å². The van der Waals surface area contributed by atoms with Crippen molar-refractivity contribution in [3.05, 3.63) is 101 Å². The van der Waals surface area contributed by atoms with Gasteiger partial charge in [-0.25, -0.2) is 10.6 Å². The maximum atomic E-state index is 14.0. The van der Waals surface area contributed by atoms with Crippen LogP contribution in [0, 0.1) is 0 Å². The molecule has 0 spiro atoms. The van der Waals surface area contributed by atoms with Gasteiger partial charge in [-0.1, -0.05) is 61.5 Å². The molecule has 1 atom stereocenters. The largest absolute Gasteiger partial charge is 0.481 e. The minimum absolute atomic E-state index is 0.220. The van der Waals surface area contributed by atoms with E-state index in [9.17, 15) is 19.5 Å². The van der Waals surface area contributed by atoms with Crippen molar-refractivity contribution in [2.24, 2.45) is 16.8 Å². The van der Waals surface area contributed by atoms with Crippen molar-refractivity contribution in [1.82, 2.24) is 0 Å². The van der Waals surface area contributed by atoms with Crippen LogP contribution in [0.3, 0.4) is 0 Å². The molecule has 0 aliphatic carbocycles. The second-order valence-electron chi connectivity index (χ2n) is 8.29. The van der Waals surface area contributed by atoms with Gasteiger partial charge in [-0.15, -0.1) is 0 Å². The predicted octanol–water partition coefficient (Wildman–Crippen LogP) is 2.97. The van der Waals surface area contributed by atoms with E-state index in [0.29, 0.717) is 23.2 Å². The fraction of sp³-hybridized carbons (Fsp3) is 0.148. The maximum Gasteiger partial charge on any atom is 0.306 e. The van der Waals surface area contributed by atoms with Gasteiger partial charge in [-0.2, -0.15) is 5.10 Å². The van der Waals surface area contributed by atoms with E-state index in [1.807, 2.05) is 25.0 Å². The first-order valence-electron chi connectivity index (χ1n) is 11.3. The van der Waals surface area contributed by atoms with Gasteiger partial charge < -0.3 is 10.9 Å². The number of aliphatic carboxylic acids is 1. The summed E-state index contributed by atoms with van der Waals surface area (Å²) in [6.45, 7) is 1.93. The molecular formula is C27H25N5O4. The molecule has 0 saturated heterocycles. The van der Waals surface area contributed by atoms with Gasteiger partial charge in [-0.3, -0.25) is 19.5 Å². The molecule has 5 N–H and O–H groups in total. The monoisotopic (exact) mass is 483 g/mol. The molecule has 3 aromatic carbocycles. The molecule has 0 radical (unpaired) electrons. The number of amides is 1. The Morgan fingerprint density at radius 3 is 2.31 bits per heavy atom. The van der Waals surface area contributed by atoms with Gasteiger partial charge >= 0.3 is 5.97 Å². The molecule has 1 unspecified atom stereocenters. The van der Waals surface area contributed by atoms with Gasteiger partial charge in [0.25, 0.3) is 5.91 Å². The summed E-state index contributed by atoms with van der Waals surface area (Å²) in [6, 6.07) is 20.4. The number of nitrogens with zero attached hydrogens (tertiary/aromatic N) is 3. The number of nitrogens with two attached hydrogens (primary N) is 2. The number of carboxylic acids is 1. The highest BCUT2D eigenvalue weighted by Crippen LogP contribution is 2.46. The zero-order valence-electron chi connectivity index (χ0n) is 19.6. The third-order valence-corrected chi connectivity index (χ3v) is 6.35. The molecular weight excluding hydrogens is 458 g/mol. The van der Waals surface area contributed by atoms with E-state index in [4.69, 9.17) is 11.7 Å².